The van der Waals surface area contributed by atoms with Gasteiger partial charge in [0, 0.05) is 44.5 Å². The van der Waals surface area contributed by atoms with Gasteiger partial charge in [0.2, 0.25) is 0 Å². The maximum Gasteiger partial charge on any atom is 0.191 e. The number of benzene rings is 1. The lowest BCUT2D eigenvalue weighted by Gasteiger charge is -2.43. The fourth-order valence-electron chi connectivity index (χ4n) is 3.26. The van der Waals surface area contributed by atoms with E-state index in [-0.39, 0.29) is 11.1 Å². The minimum Gasteiger partial charge on any atom is -0.488 e. The van der Waals surface area contributed by atoms with Crippen molar-refractivity contribution in [1.29, 1.82) is 0 Å². The Morgan fingerprint density at radius 3 is 2.44 bits per heavy atom. The number of para-hydroxylation sites is 1. The Morgan fingerprint density at radius 1 is 1.19 bits per heavy atom. The number of hydrogen-bond donors (Lipinski definition) is 2. The number of nitrogens with zero attached hydrogens (tertiary/aromatic N) is 2. The van der Waals surface area contributed by atoms with Crippen molar-refractivity contribution in [3.63, 3.8) is 0 Å². The second kappa shape index (κ2) is 9.42. The van der Waals surface area contributed by atoms with E-state index in [1.54, 1.807) is 7.05 Å². The summed E-state index contributed by atoms with van der Waals surface area (Å²) in [5, 5.41) is 6.92. The van der Waals surface area contributed by atoms with Crippen LogP contribution in [0.3, 0.4) is 0 Å². The van der Waals surface area contributed by atoms with Crippen molar-refractivity contribution in [1.82, 2.24) is 15.5 Å². The van der Waals surface area contributed by atoms with Gasteiger partial charge in [0.15, 0.2) is 5.96 Å². The van der Waals surface area contributed by atoms with Crippen molar-refractivity contribution in [2.75, 3.05) is 40.9 Å². The summed E-state index contributed by atoms with van der Waals surface area (Å²) in [5.74, 6) is 1.70. The average molecular weight is 377 g/mol. The Hall–Kier alpha value is -1.79. The van der Waals surface area contributed by atoms with Crippen LogP contribution in [0.15, 0.2) is 29.3 Å². The highest BCUT2D eigenvalue weighted by molar-refractivity contribution is 5.79. The van der Waals surface area contributed by atoms with Crippen molar-refractivity contribution in [3.8, 4) is 5.75 Å². The largest absolute Gasteiger partial charge is 0.488 e. The monoisotopic (exact) mass is 376 g/mol. The van der Waals surface area contributed by atoms with Crippen LogP contribution in [0, 0.1) is 0 Å². The Balaban J connectivity index is 1.96. The smallest absolute Gasteiger partial charge is 0.191 e. The summed E-state index contributed by atoms with van der Waals surface area (Å²) in [6, 6.07) is 8.14. The van der Waals surface area contributed by atoms with E-state index in [1.165, 1.54) is 0 Å². The molecule has 1 aromatic rings. The maximum absolute atomic E-state index is 6.08. The first-order valence-corrected chi connectivity index (χ1v) is 9.72. The first-order valence-electron chi connectivity index (χ1n) is 9.72. The van der Waals surface area contributed by atoms with E-state index < -0.39 is 0 Å². The summed E-state index contributed by atoms with van der Waals surface area (Å²) >= 11 is 0. The Labute approximate surface area is 164 Å². The van der Waals surface area contributed by atoms with E-state index in [0.717, 1.165) is 49.9 Å². The van der Waals surface area contributed by atoms with Crippen LogP contribution < -0.4 is 15.4 Å². The van der Waals surface area contributed by atoms with Gasteiger partial charge in [-0.15, -0.1) is 0 Å². The molecule has 0 aromatic heterocycles. The Morgan fingerprint density at radius 2 is 1.85 bits per heavy atom. The molecule has 0 atom stereocenters. The fraction of sp³-hybridized carbons (Fsp3) is 0.667. The summed E-state index contributed by atoms with van der Waals surface area (Å²) < 4.78 is 11.6. The lowest BCUT2D eigenvalue weighted by molar-refractivity contribution is -0.00501. The fourth-order valence-corrected chi connectivity index (χ4v) is 3.26. The molecular weight excluding hydrogens is 340 g/mol. The first-order chi connectivity index (χ1) is 12.8. The maximum atomic E-state index is 6.08. The molecule has 0 unspecified atom stereocenters. The number of guanidine groups is 1. The minimum absolute atomic E-state index is 0.100. The predicted molar refractivity (Wildman–Crippen MR) is 111 cm³/mol. The van der Waals surface area contributed by atoms with Crippen LogP contribution >= 0.6 is 0 Å². The summed E-state index contributed by atoms with van der Waals surface area (Å²) in [6.45, 7) is 9.30. The van der Waals surface area contributed by atoms with Crippen molar-refractivity contribution in [2.45, 2.75) is 51.3 Å². The third-order valence-corrected chi connectivity index (χ3v) is 5.02. The highest BCUT2D eigenvalue weighted by Crippen LogP contribution is 2.25. The zero-order valence-electron chi connectivity index (χ0n) is 17.8. The normalized spacial score (nSPS) is 17.7. The molecule has 0 saturated carbocycles. The lowest BCUT2D eigenvalue weighted by Crippen LogP contribution is -2.57. The van der Waals surface area contributed by atoms with E-state index in [0.29, 0.717) is 6.54 Å². The quantitative estimate of drug-likeness (QED) is 0.590. The molecule has 1 fully saturated rings. The molecule has 6 nitrogen and oxygen atoms in total. The topological polar surface area (TPSA) is 58.1 Å². The molecule has 2 N–H and O–H groups in total. The van der Waals surface area contributed by atoms with Crippen LogP contribution in [-0.2, 0) is 11.3 Å². The van der Waals surface area contributed by atoms with Gasteiger partial charge in [-0.05, 0) is 53.8 Å². The van der Waals surface area contributed by atoms with Crippen LogP contribution in [0.5, 0.6) is 5.75 Å². The van der Waals surface area contributed by atoms with E-state index in [2.05, 4.69) is 61.5 Å². The minimum atomic E-state index is -0.225. The molecule has 6 heteroatoms. The molecule has 1 saturated heterocycles. The van der Waals surface area contributed by atoms with Gasteiger partial charge in [-0.3, -0.25) is 4.99 Å². The highest BCUT2D eigenvalue weighted by atomic mass is 16.5. The van der Waals surface area contributed by atoms with Gasteiger partial charge in [0.25, 0.3) is 0 Å². The van der Waals surface area contributed by atoms with Crippen molar-refractivity contribution in [3.05, 3.63) is 29.8 Å². The molecule has 0 bridgehead atoms. The predicted octanol–water partition coefficient (Wildman–Crippen LogP) is 2.64. The van der Waals surface area contributed by atoms with Crippen LogP contribution in [0.2, 0.25) is 0 Å². The molecule has 152 valence electrons. The molecule has 1 aromatic carbocycles. The first kappa shape index (κ1) is 21.5. The molecular formula is C21H36N4O2. The summed E-state index contributed by atoms with van der Waals surface area (Å²) in [6.07, 6.45) is 2.04. The van der Waals surface area contributed by atoms with E-state index in [4.69, 9.17) is 9.47 Å². The van der Waals surface area contributed by atoms with Crippen molar-refractivity contribution < 1.29 is 9.47 Å². The number of nitrogens with one attached hydrogen (secondary N) is 2. The number of rotatable bonds is 6. The number of likely N-dealkylation sites (N-methyl/N-ethyl adjacent to an activating group) is 1. The zero-order valence-corrected chi connectivity index (χ0v) is 17.8. The van der Waals surface area contributed by atoms with Gasteiger partial charge >= 0.3 is 0 Å². The molecule has 2 rings (SSSR count). The summed E-state index contributed by atoms with van der Waals surface area (Å²) in [5.41, 5.74) is 0.990. The Kier molecular flexibility index (Phi) is 7.50. The molecule has 1 aliphatic heterocycles. The van der Waals surface area contributed by atoms with Crippen LogP contribution in [0.1, 0.15) is 39.2 Å². The van der Waals surface area contributed by atoms with Crippen LogP contribution in [0.25, 0.3) is 0 Å². The summed E-state index contributed by atoms with van der Waals surface area (Å²) in [7, 11) is 6.09. The standard InChI is InChI=1S/C21H36N4O2/c1-20(2,3)27-18-10-8-7-9-17(18)15-23-19(22-4)24-16-21(25(5)6)11-13-26-14-12-21/h7-10H,11-16H2,1-6H3,(H2,22,23,24). The van der Waals surface area contributed by atoms with E-state index in [9.17, 15) is 0 Å². The number of hydrogen-bond acceptors (Lipinski definition) is 4. The van der Waals surface area contributed by atoms with Crippen LogP contribution in [-0.4, -0.2) is 62.9 Å². The molecule has 1 aliphatic rings. The van der Waals surface area contributed by atoms with Crippen molar-refractivity contribution >= 4 is 5.96 Å². The van der Waals surface area contributed by atoms with Gasteiger partial charge in [0.1, 0.15) is 11.4 Å². The van der Waals surface area contributed by atoms with Gasteiger partial charge in [0.05, 0.1) is 0 Å². The summed E-state index contributed by atoms with van der Waals surface area (Å²) in [4.78, 5) is 6.69. The SMILES string of the molecule is CN=C(NCc1ccccc1OC(C)(C)C)NCC1(N(C)C)CCOCC1. The van der Waals surface area contributed by atoms with E-state index in [1.807, 2.05) is 18.2 Å². The van der Waals surface area contributed by atoms with Crippen molar-refractivity contribution in [2.24, 2.45) is 4.99 Å². The molecule has 0 spiro atoms. The number of ether oxygens (including phenoxy) is 2. The highest BCUT2D eigenvalue weighted by Gasteiger charge is 2.34. The Bertz CT molecular complexity index is 617. The lowest BCUT2D eigenvalue weighted by atomic mass is 9.88. The third kappa shape index (κ3) is 6.40. The van der Waals surface area contributed by atoms with Gasteiger partial charge in [-0.1, -0.05) is 18.2 Å². The molecule has 0 radical (unpaired) electrons. The van der Waals surface area contributed by atoms with Gasteiger partial charge in [-0.25, -0.2) is 0 Å². The van der Waals surface area contributed by atoms with Gasteiger partial charge in [-0.2, -0.15) is 0 Å². The zero-order chi connectivity index (χ0) is 19.9. The molecule has 1 heterocycles. The van der Waals surface area contributed by atoms with Gasteiger partial charge < -0.3 is 25.0 Å². The molecule has 0 aliphatic carbocycles. The second-order valence-electron chi connectivity index (χ2n) is 8.33. The van der Waals surface area contributed by atoms with E-state index >= 15 is 0 Å². The third-order valence-electron chi connectivity index (χ3n) is 5.02. The average Bonchev–Trinajstić information content (AvgIpc) is 2.62. The molecule has 0 amide bonds. The second-order valence-corrected chi connectivity index (χ2v) is 8.33. The van der Waals surface area contributed by atoms with Crippen LogP contribution in [0.4, 0.5) is 0 Å². The molecule has 27 heavy (non-hydrogen) atoms. The number of aliphatic imine (C=N–C) groups is 1.